The molecule has 2 atom stereocenters. The predicted molar refractivity (Wildman–Crippen MR) is 81.4 cm³/mol. The lowest BCUT2D eigenvalue weighted by atomic mass is 9.96. The first-order chi connectivity index (χ1) is 9.85. The molecule has 0 aliphatic carbocycles. The van der Waals surface area contributed by atoms with Crippen LogP contribution in [0.1, 0.15) is 13.3 Å². The third-order valence-electron chi connectivity index (χ3n) is 3.63. The van der Waals surface area contributed by atoms with Crippen LogP contribution in [0.2, 0.25) is 0 Å². The minimum atomic E-state index is -3.85. The summed E-state index contributed by atoms with van der Waals surface area (Å²) in [6.45, 7) is 3.42. The number of hydrogen-bond acceptors (Lipinski definition) is 4. The van der Waals surface area contributed by atoms with Gasteiger partial charge >= 0.3 is 0 Å². The number of benzene rings is 1. The van der Waals surface area contributed by atoms with E-state index in [9.17, 15) is 12.8 Å². The first kappa shape index (κ1) is 16.7. The van der Waals surface area contributed by atoms with Crippen molar-refractivity contribution in [2.75, 3.05) is 20.2 Å². The second kappa shape index (κ2) is 6.60. The van der Waals surface area contributed by atoms with E-state index in [-0.39, 0.29) is 27.1 Å². The number of halogens is 2. The summed E-state index contributed by atoms with van der Waals surface area (Å²) in [6.07, 6.45) is 0.888. The van der Waals surface area contributed by atoms with Gasteiger partial charge in [-0.3, -0.25) is 0 Å². The molecular formula is C13H18BrFN2O3S. The number of methoxy groups -OCH3 is 1. The summed E-state index contributed by atoms with van der Waals surface area (Å²) < 4.78 is 46.5. The largest absolute Gasteiger partial charge is 0.495 e. The van der Waals surface area contributed by atoms with Crippen molar-refractivity contribution in [3.63, 3.8) is 0 Å². The zero-order valence-corrected chi connectivity index (χ0v) is 14.2. The Morgan fingerprint density at radius 1 is 1.48 bits per heavy atom. The summed E-state index contributed by atoms with van der Waals surface area (Å²) in [5, 5.41) is 3.15. The van der Waals surface area contributed by atoms with E-state index < -0.39 is 15.8 Å². The van der Waals surface area contributed by atoms with E-state index in [2.05, 4.69) is 26.0 Å². The molecule has 5 nitrogen and oxygen atoms in total. The summed E-state index contributed by atoms with van der Waals surface area (Å²) in [5.74, 6) is -0.328. The molecule has 0 aromatic heterocycles. The van der Waals surface area contributed by atoms with Crippen molar-refractivity contribution in [3.05, 3.63) is 22.4 Å². The minimum absolute atomic E-state index is 0.104. The van der Waals surface area contributed by atoms with Gasteiger partial charge in [0.15, 0.2) is 0 Å². The van der Waals surface area contributed by atoms with Gasteiger partial charge in [0, 0.05) is 12.6 Å². The molecule has 2 N–H and O–H groups in total. The van der Waals surface area contributed by atoms with Gasteiger partial charge in [-0.2, -0.15) is 0 Å². The van der Waals surface area contributed by atoms with Gasteiger partial charge in [0.2, 0.25) is 10.0 Å². The average molecular weight is 381 g/mol. The quantitative estimate of drug-likeness (QED) is 0.836. The van der Waals surface area contributed by atoms with Gasteiger partial charge in [-0.1, -0.05) is 6.92 Å². The Morgan fingerprint density at radius 3 is 2.81 bits per heavy atom. The van der Waals surface area contributed by atoms with Crippen molar-refractivity contribution >= 4 is 26.0 Å². The Bertz CT molecular complexity index is 624. The van der Waals surface area contributed by atoms with Gasteiger partial charge in [-0.15, -0.1) is 0 Å². The molecule has 1 saturated heterocycles. The number of nitrogens with one attached hydrogen (secondary N) is 2. The fraction of sp³-hybridized carbons (Fsp3) is 0.538. The monoisotopic (exact) mass is 380 g/mol. The van der Waals surface area contributed by atoms with Crippen molar-refractivity contribution in [1.82, 2.24) is 10.0 Å². The topological polar surface area (TPSA) is 67.4 Å². The SMILES string of the molecule is COc1cc(Br)c(F)cc1S(=O)(=O)NC1CNCCC1C. The summed E-state index contributed by atoms with van der Waals surface area (Å²) in [4.78, 5) is -0.191. The molecule has 0 saturated carbocycles. The third kappa shape index (κ3) is 3.74. The zero-order valence-electron chi connectivity index (χ0n) is 11.8. The number of hydrogen-bond donors (Lipinski definition) is 2. The molecule has 2 rings (SSSR count). The van der Waals surface area contributed by atoms with Gasteiger partial charge in [0.1, 0.15) is 16.5 Å². The van der Waals surface area contributed by atoms with Gasteiger partial charge in [0.25, 0.3) is 0 Å². The highest BCUT2D eigenvalue weighted by molar-refractivity contribution is 9.10. The third-order valence-corrected chi connectivity index (χ3v) is 5.75. The van der Waals surface area contributed by atoms with E-state index in [1.165, 1.54) is 13.2 Å². The van der Waals surface area contributed by atoms with Crippen LogP contribution in [0.4, 0.5) is 4.39 Å². The summed E-state index contributed by atoms with van der Waals surface area (Å²) in [7, 11) is -2.50. The van der Waals surface area contributed by atoms with Gasteiger partial charge < -0.3 is 10.1 Å². The molecule has 1 aliphatic heterocycles. The molecule has 118 valence electrons. The molecule has 0 bridgehead atoms. The fourth-order valence-corrected chi connectivity index (χ4v) is 4.12. The van der Waals surface area contributed by atoms with Crippen LogP contribution in [0.3, 0.4) is 0 Å². The van der Waals surface area contributed by atoms with Crippen LogP contribution in [-0.2, 0) is 10.0 Å². The Morgan fingerprint density at radius 2 is 2.19 bits per heavy atom. The van der Waals surface area contributed by atoms with E-state index in [1.54, 1.807) is 0 Å². The van der Waals surface area contributed by atoms with Crippen molar-refractivity contribution in [2.45, 2.75) is 24.3 Å². The zero-order chi connectivity index (χ0) is 15.6. The molecule has 2 unspecified atom stereocenters. The molecule has 21 heavy (non-hydrogen) atoms. The van der Waals surface area contributed by atoms with Gasteiger partial charge in [-0.05, 0) is 46.9 Å². The van der Waals surface area contributed by atoms with Crippen molar-refractivity contribution in [1.29, 1.82) is 0 Å². The minimum Gasteiger partial charge on any atom is -0.495 e. The lowest BCUT2D eigenvalue weighted by molar-refractivity contribution is 0.326. The van der Waals surface area contributed by atoms with Crippen LogP contribution in [-0.4, -0.2) is 34.7 Å². The first-order valence-electron chi connectivity index (χ1n) is 6.61. The summed E-state index contributed by atoms with van der Waals surface area (Å²) in [6, 6.07) is 2.05. The Hall–Kier alpha value is -0.700. The molecular weight excluding hydrogens is 363 g/mol. The number of sulfonamides is 1. The number of ether oxygens (including phenoxy) is 1. The predicted octanol–water partition coefficient (Wildman–Crippen LogP) is 1.87. The lowest BCUT2D eigenvalue weighted by Gasteiger charge is -2.30. The van der Waals surface area contributed by atoms with E-state index >= 15 is 0 Å². The molecule has 8 heteroatoms. The molecule has 0 spiro atoms. The smallest absolute Gasteiger partial charge is 0.244 e. The van der Waals surface area contributed by atoms with E-state index in [1.807, 2.05) is 6.92 Å². The Labute approximate surface area is 132 Å². The summed E-state index contributed by atoms with van der Waals surface area (Å²) >= 11 is 3.02. The number of rotatable bonds is 4. The Balaban J connectivity index is 2.33. The second-order valence-corrected chi connectivity index (χ2v) is 7.65. The Kier molecular flexibility index (Phi) is 5.24. The van der Waals surface area contributed by atoms with Crippen molar-refractivity contribution in [2.24, 2.45) is 5.92 Å². The fourth-order valence-electron chi connectivity index (χ4n) is 2.29. The second-order valence-electron chi connectivity index (χ2n) is 5.12. The molecule has 0 radical (unpaired) electrons. The van der Waals surface area contributed by atoms with E-state index in [0.717, 1.165) is 19.0 Å². The normalized spacial score (nSPS) is 23.0. The van der Waals surface area contributed by atoms with Crippen molar-refractivity contribution in [3.8, 4) is 5.75 Å². The van der Waals surface area contributed by atoms with Gasteiger partial charge in [-0.25, -0.2) is 17.5 Å². The van der Waals surface area contributed by atoms with E-state index in [0.29, 0.717) is 6.54 Å². The standard InChI is InChI=1S/C13H18BrFN2O3S/c1-8-3-4-16-7-11(8)17-21(18,19)13-6-10(15)9(14)5-12(13)20-2/h5-6,8,11,16-17H,3-4,7H2,1-2H3. The molecule has 1 fully saturated rings. The molecule has 1 heterocycles. The van der Waals surface area contributed by atoms with Crippen LogP contribution in [0.5, 0.6) is 5.75 Å². The maximum absolute atomic E-state index is 13.7. The van der Waals surface area contributed by atoms with Crippen molar-refractivity contribution < 1.29 is 17.5 Å². The first-order valence-corrected chi connectivity index (χ1v) is 8.89. The van der Waals surface area contributed by atoms with Crippen LogP contribution in [0.15, 0.2) is 21.5 Å². The van der Waals surface area contributed by atoms with Crippen LogP contribution < -0.4 is 14.8 Å². The van der Waals surface area contributed by atoms with Gasteiger partial charge in [0.05, 0.1) is 11.6 Å². The summed E-state index contributed by atoms with van der Waals surface area (Å²) in [5.41, 5.74) is 0. The maximum atomic E-state index is 13.7. The molecule has 0 amide bonds. The van der Waals surface area contributed by atoms with Crippen LogP contribution in [0.25, 0.3) is 0 Å². The molecule has 1 aliphatic rings. The van der Waals surface area contributed by atoms with Crippen LogP contribution >= 0.6 is 15.9 Å². The van der Waals surface area contributed by atoms with E-state index in [4.69, 9.17) is 4.74 Å². The highest BCUT2D eigenvalue weighted by Crippen LogP contribution is 2.30. The highest BCUT2D eigenvalue weighted by Gasteiger charge is 2.29. The lowest BCUT2D eigenvalue weighted by Crippen LogP contribution is -2.50. The highest BCUT2D eigenvalue weighted by atomic mass is 79.9. The average Bonchev–Trinajstić information content (AvgIpc) is 2.43. The number of piperidine rings is 1. The van der Waals surface area contributed by atoms with Crippen LogP contribution in [0, 0.1) is 11.7 Å². The molecule has 1 aromatic rings. The molecule has 1 aromatic carbocycles. The maximum Gasteiger partial charge on any atom is 0.244 e.